The first-order chi connectivity index (χ1) is 10.8. The first-order valence-electron chi connectivity index (χ1n) is 7.07. The number of aryl methyl sites for hydroxylation is 1. The molecule has 5 nitrogen and oxygen atoms in total. The number of carbonyl (C=O) groups excluding carboxylic acids is 1. The van der Waals surface area contributed by atoms with Gasteiger partial charge in [0.1, 0.15) is 0 Å². The smallest absolute Gasteiger partial charge is 0.240 e. The van der Waals surface area contributed by atoms with Crippen LogP contribution in [0, 0.1) is 0 Å². The monoisotopic (exact) mass is 296 g/mol. The van der Waals surface area contributed by atoms with Crippen molar-refractivity contribution in [1.29, 1.82) is 0 Å². The highest BCUT2D eigenvalue weighted by Crippen LogP contribution is 2.32. The molecule has 1 N–H and O–H groups in total. The lowest BCUT2D eigenvalue weighted by Crippen LogP contribution is -2.17. The molecule has 0 spiro atoms. The molecule has 112 valence electrons. The third kappa shape index (κ3) is 3.63. The van der Waals surface area contributed by atoms with Gasteiger partial charge in [0, 0.05) is 6.42 Å². The van der Waals surface area contributed by atoms with Gasteiger partial charge in [-0.2, -0.15) is 5.10 Å². The number of fused-ring (bicyclic) bond motifs is 1. The van der Waals surface area contributed by atoms with Gasteiger partial charge in [-0.15, -0.1) is 0 Å². The molecule has 22 heavy (non-hydrogen) atoms. The summed E-state index contributed by atoms with van der Waals surface area (Å²) in [7, 11) is 0. The highest BCUT2D eigenvalue weighted by Gasteiger charge is 2.13. The van der Waals surface area contributed by atoms with Crippen molar-refractivity contribution in [2.75, 3.05) is 6.79 Å². The van der Waals surface area contributed by atoms with Crippen LogP contribution >= 0.6 is 0 Å². The Morgan fingerprint density at radius 1 is 1.14 bits per heavy atom. The molecule has 3 rings (SSSR count). The van der Waals surface area contributed by atoms with Gasteiger partial charge in [-0.3, -0.25) is 4.79 Å². The maximum atomic E-state index is 11.8. The number of carbonyl (C=O) groups is 1. The van der Waals surface area contributed by atoms with Crippen molar-refractivity contribution in [3.05, 3.63) is 59.7 Å². The Hall–Kier alpha value is -2.82. The number of hydrogen-bond donors (Lipinski definition) is 1. The zero-order chi connectivity index (χ0) is 15.2. The summed E-state index contributed by atoms with van der Waals surface area (Å²) >= 11 is 0. The van der Waals surface area contributed by atoms with Crippen molar-refractivity contribution in [3.63, 3.8) is 0 Å². The average Bonchev–Trinajstić information content (AvgIpc) is 3.01. The summed E-state index contributed by atoms with van der Waals surface area (Å²) in [5.74, 6) is 1.37. The van der Waals surface area contributed by atoms with E-state index < -0.39 is 0 Å². The Bertz CT molecular complexity index is 684. The molecule has 0 atom stereocenters. The Balaban J connectivity index is 1.47. The molecule has 0 bridgehead atoms. The number of nitrogens with one attached hydrogen (secondary N) is 1. The Morgan fingerprint density at radius 2 is 1.95 bits per heavy atom. The molecule has 0 fully saturated rings. The standard InChI is InChI=1S/C17H16N2O3/c20-17(19-18-11-14-4-2-1-3-5-14)9-7-13-6-8-15-16(10-13)22-12-21-15/h1-6,8,10-11H,7,9,12H2,(H,19,20)/b18-11+. The molecule has 2 aromatic rings. The Morgan fingerprint density at radius 3 is 2.82 bits per heavy atom. The molecule has 1 aliphatic heterocycles. The minimum Gasteiger partial charge on any atom is -0.454 e. The van der Waals surface area contributed by atoms with Crippen LogP contribution in [0.3, 0.4) is 0 Å². The minimum atomic E-state index is -0.121. The highest BCUT2D eigenvalue weighted by atomic mass is 16.7. The van der Waals surface area contributed by atoms with E-state index in [1.165, 1.54) is 0 Å². The lowest BCUT2D eigenvalue weighted by Gasteiger charge is -2.02. The van der Waals surface area contributed by atoms with Crippen LogP contribution in [0.4, 0.5) is 0 Å². The molecule has 1 aliphatic rings. The number of hydrazone groups is 1. The summed E-state index contributed by atoms with van der Waals surface area (Å²) in [6.45, 7) is 0.257. The first-order valence-corrected chi connectivity index (χ1v) is 7.07. The summed E-state index contributed by atoms with van der Waals surface area (Å²) < 4.78 is 10.6. The maximum Gasteiger partial charge on any atom is 0.240 e. The number of nitrogens with zero attached hydrogens (tertiary/aromatic N) is 1. The Kier molecular flexibility index (Phi) is 4.34. The van der Waals surface area contributed by atoms with Gasteiger partial charge in [0.05, 0.1) is 6.21 Å². The summed E-state index contributed by atoms with van der Waals surface area (Å²) in [6.07, 6.45) is 2.62. The first kappa shape index (κ1) is 14.1. The molecule has 2 aromatic carbocycles. The van der Waals surface area contributed by atoms with Gasteiger partial charge in [-0.05, 0) is 29.7 Å². The predicted molar refractivity (Wildman–Crippen MR) is 83.1 cm³/mol. The van der Waals surface area contributed by atoms with Gasteiger partial charge >= 0.3 is 0 Å². The molecule has 0 aromatic heterocycles. The van der Waals surface area contributed by atoms with E-state index in [1.54, 1.807) is 6.21 Å². The van der Waals surface area contributed by atoms with Crippen LogP contribution in [0.2, 0.25) is 0 Å². The maximum absolute atomic E-state index is 11.8. The fourth-order valence-corrected chi connectivity index (χ4v) is 2.13. The second-order valence-corrected chi connectivity index (χ2v) is 4.89. The topological polar surface area (TPSA) is 59.9 Å². The largest absolute Gasteiger partial charge is 0.454 e. The van der Waals surface area contributed by atoms with Gasteiger partial charge in [0.15, 0.2) is 11.5 Å². The van der Waals surface area contributed by atoms with Crippen molar-refractivity contribution in [2.45, 2.75) is 12.8 Å². The molecule has 0 radical (unpaired) electrons. The molecule has 1 heterocycles. The van der Waals surface area contributed by atoms with Crippen LogP contribution < -0.4 is 14.9 Å². The predicted octanol–water partition coefficient (Wildman–Crippen LogP) is 2.50. The fraction of sp³-hybridized carbons (Fsp3) is 0.176. The molecule has 0 aliphatic carbocycles. The van der Waals surface area contributed by atoms with Crippen molar-refractivity contribution in [3.8, 4) is 11.5 Å². The zero-order valence-electron chi connectivity index (χ0n) is 12.0. The van der Waals surface area contributed by atoms with Gasteiger partial charge < -0.3 is 9.47 Å². The lowest BCUT2D eigenvalue weighted by atomic mass is 10.1. The van der Waals surface area contributed by atoms with E-state index in [1.807, 2.05) is 48.5 Å². The number of amides is 1. The van der Waals surface area contributed by atoms with Crippen LogP contribution in [0.15, 0.2) is 53.6 Å². The quantitative estimate of drug-likeness (QED) is 0.681. The Labute approximate surface area is 128 Å². The number of ether oxygens (including phenoxy) is 2. The molecular formula is C17H16N2O3. The van der Waals surface area contributed by atoms with Crippen molar-refractivity contribution in [2.24, 2.45) is 5.10 Å². The molecule has 5 heteroatoms. The third-order valence-corrected chi connectivity index (χ3v) is 3.28. The minimum absolute atomic E-state index is 0.121. The zero-order valence-corrected chi connectivity index (χ0v) is 12.0. The van der Waals surface area contributed by atoms with Gasteiger partial charge in [0.2, 0.25) is 12.7 Å². The van der Waals surface area contributed by atoms with E-state index >= 15 is 0 Å². The highest BCUT2D eigenvalue weighted by molar-refractivity contribution is 5.82. The molecule has 0 saturated heterocycles. The summed E-state index contributed by atoms with van der Waals surface area (Å²) in [6, 6.07) is 15.3. The normalized spacial score (nSPS) is 12.5. The molecule has 0 saturated carbocycles. The number of hydrogen-bond acceptors (Lipinski definition) is 4. The molecule has 1 amide bonds. The second-order valence-electron chi connectivity index (χ2n) is 4.89. The summed E-state index contributed by atoms with van der Waals surface area (Å²) in [5, 5.41) is 3.94. The molecular weight excluding hydrogens is 280 g/mol. The van der Waals surface area contributed by atoms with Crippen LogP contribution in [-0.4, -0.2) is 18.9 Å². The van der Waals surface area contributed by atoms with Crippen LogP contribution in [0.25, 0.3) is 0 Å². The lowest BCUT2D eigenvalue weighted by molar-refractivity contribution is -0.121. The summed E-state index contributed by atoms with van der Waals surface area (Å²) in [5.41, 5.74) is 4.51. The van der Waals surface area contributed by atoms with Gasteiger partial charge in [-0.1, -0.05) is 36.4 Å². The average molecular weight is 296 g/mol. The van der Waals surface area contributed by atoms with E-state index in [0.717, 1.165) is 22.6 Å². The number of rotatable bonds is 5. The van der Waals surface area contributed by atoms with E-state index in [2.05, 4.69) is 10.5 Å². The van der Waals surface area contributed by atoms with Crippen molar-refractivity contribution >= 4 is 12.1 Å². The SMILES string of the molecule is O=C(CCc1ccc2c(c1)OCO2)N/N=C/c1ccccc1. The second kappa shape index (κ2) is 6.76. The van der Waals surface area contributed by atoms with Gasteiger partial charge in [0.25, 0.3) is 0 Å². The van der Waals surface area contributed by atoms with Crippen LogP contribution in [-0.2, 0) is 11.2 Å². The van der Waals surface area contributed by atoms with Crippen LogP contribution in [0.1, 0.15) is 17.5 Å². The van der Waals surface area contributed by atoms with Crippen LogP contribution in [0.5, 0.6) is 11.5 Å². The van der Waals surface area contributed by atoms with Crippen molar-refractivity contribution < 1.29 is 14.3 Å². The van der Waals surface area contributed by atoms with E-state index in [4.69, 9.17) is 9.47 Å². The summed E-state index contributed by atoms with van der Waals surface area (Å²) in [4.78, 5) is 11.8. The van der Waals surface area contributed by atoms with E-state index in [9.17, 15) is 4.79 Å². The van der Waals surface area contributed by atoms with E-state index in [0.29, 0.717) is 12.8 Å². The van der Waals surface area contributed by atoms with Crippen molar-refractivity contribution in [1.82, 2.24) is 5.43 Å². The third-order valence-electron chi connectivity index (χ3n) is 3.28. The van der Waals surface area contributed by atoms with E-state index in [-0.39, 0.29) is 12.7 Å². The fourth-order valence-electron chi connectivity index (χ4n) is 2.13. The van der Waals surface area contributed by atoms with Gasteiger partial charge in [-0.25, -0.2) is 5.43 Å². The molecule has 0 unspecified atom stereocenters. The number of benzene rings is 2.